The molecule has 30 heavy (non-hydrogen) atoms. The van der Waals surface area contributed by atoms with Gasteiger partial charge >= 0.3 is 0 Å². The fraction of sp³-hybridized carbons (Fsp3) is 0.458. The van der Waals surface area contributed by atoms with Gasteiger partial charge in [0.1, 0.15) is 6.54 Å². The van der Waals surface area contributed by atoms with E-state index in [1.165, 1.54) is 4.90 Å². The lowest BCUT2D eigenvalue weighted by molar-refractivity contribution is -0.919. The molecule has 6 nitrogen and oxygen atoms in total. The van der Waals surface area contributed by atoms with E-state index in [2.05, 4.69) is 0 Å². The molecule has 1 aliphatic heterocycles. The zero-order chi connectivity index (χ0) is 21.3. The van der Waals surface area contributed by atoms with Gasteiger partial charge in [0, 0.05) is 37.4 Å². The number of rotatable bonds is 9. The second kappa shape index (κ2) is 11.0. The van der Waals surface area contributed by atoms with Gasteiger partial charge in [-0.15, -0.1) is 0 Å². The third kappa shape index (κ3) is 5.97. The number of aliphatic hydroxyl groups is 1. The predicted octanol–water partition coefficient (Wildman–Crippen LogP) is 1.61. The van der Waals surface area contributed by atoms with Crippen LogP contribution in [-0.4, -0.2) is 53.9 Å². The van der Waals surface area contributed by atoms with Crippen LogP contribution in [0.2, 0.25) is 0 Å². The maximum atomic E-state index is 13.1. The van der Waals surface area contributed by atoms with Gasteiger partial charge in [0.05, 0.1) is 26.3 Å². The van der Waals surface area contributed by atoms with Gasteiger partial charge in [-0.25, -0.2) is 0 Å². The molecule has 1 aliphatic rings. The SMILES string of the molecule is CCOc1cc(C[NH+]2CCC(C(=O)N(CCO)Cc3ccccc3)CC2)ccc1O. The number of carbonyl (C=O) groups excluding carboxylic acids is 1. The highest BCUT2D eigenvalue weighted by molar-refractivity contribution is 5.79. The largest absolute Gasteiger partial charge is 0.504 e. The van der Waals surface area contributed by atoms with E-state index in [9.17, 15) is 15.0 Å². The van der Waals surface area contributed by atoms with Crippen molar-refractivity contribution in [1.29, 1.82) is 0 Å². The molecule has 0 bridgehead atoms. The van der Waals surface area contributed by atoms with E-state index in [0.29, 0.717) is 25.4 Å². The number of hydrogen-bond acceptors (Lipinski definition) is 4. The highest BCUT2D eigenvalue weighted by Gasteiger charge is 2.30. The first-order chi connectivity index (χ1) is 14.6. The molecule has 1 saturated heterocycles. The third-order valence-corrected chi connectivity index (χ3v) is 5.72. The summed E-state index contributed by atoms with van der Waals surface area (Å²) in [6.07, 6.45) is 1.70. The number of aromatic hydroxyl groups is 1. The number of phenolic OH excluding ortho intramolecular Hbond substituents is 1. The Labute approximate surface area is 178 Å². The van der Waals surface area contributed by atoms with Crippen LogP contribution in [0.15, 0.2) is 48.5 Å². The van der Waals surface area contributed by atoms with Crippen molar-refractivity contribution in [3.63, 3.8) is 0 Å². The molecule has 0 radical (unpaired) electrons. The smallest absolute Gasteiger partial charge is 0.226 e. The molecule has 1 fully saturated rings. The van der Waals surface area contributed by atoms with E-state index in [-0.39, 0.29) is 24.2 Å². The van der Waals surface area contributed by atoms with Gasteiger partial charge in [0.15, 0.2) is 11.5 Å². The molecule has 1 amide bonds. The topological polar surface area (TPSA) is 74.4 Å². The van der Waals surface area contributed by atoms with Crippen LogP contribution < -0.4 is 9.64 Å². The van der Waals surface area contributed by atoms with Crippen molar-refractivity contribution < 1.29 is 24.6 Å². The molecule has 2 aromatic rings. The Bertz CT molecular complexity index is 804. The van der Waals surface area contributed by atoms with E-state index < -0.39 is 0 Å². The van der Waals surface area contributed by atoms with Crippen LogP contribution in [0.5, 0.6) is 11.5 Å². The van der Waals surface area contributed by atoms with Gasteiger partial charge in [-0.2, -0.15) is 0 Å². The molecule has 1 heterocycles. The number of likely N-dealkylation sites (tertiary alicyclic amines) is 1. The Morgan fingerprint density at radius 2 is 1.87 bits per heavy atom. The number of quaternary nitrogens is 1. The first-order valence-electron chi connectivity index (χ1n) is 10.8. The second-order valence-electron chi connectivity index (χ2n) is 7.91. The molecule has 162 valence electrons. The summed E-state index contributed by atoms with van der Waals surface area (Å²) in [5.74, 6) is 0.861. The molecule has 3 N–H and O–H groups in total. The van der Waals surface area contributed by atoms with Crippen LogP contribution in [0, 0.1) is 5.92 Å². The van der Waals surface area contributed by atoms with E-state index in [1.54, 1.807) is 11.0 Å². The number of piperidine rings is 1. The molecular weight excluding hydrogens is 380 g/mol. The van der Waals surface area contributed by atoms with Crippen LogP contribution >= 0.6 is 0 Å². The lowest BCUT2D eigenvalue weighted by atomic mass is 9.94. The summed E-state index contributed by atoms with van der Waals surface area (Å²) >= 11 is 0. The predicted molar refractivity (Wildman–Crippen MR) is 115 cm³/mol. The van der Waals surface area contributed by atoms with E-state index in [1.807, 2.05) is 49.4 Å². The van der Waals surface area contributed by atoms with Crippen molar-refractivity contribution in [2.24, 2.45) is 5.92 Å². The summed E-state index contributed by atoms with van der Waals surface area (Å²) in [7, 11) is 0. The van der Waals surface area contributed by atoms with Crippen LogP contribution in [0.1, 0.15) is 30.9 Å². The Morgan fingerprint density at radius 3 is 2.53 bits per heavy atom. The number of hydrogen-bond donors (Lipinski definition) is 3. The van der Waals surface area contributed by atoms with Crippen LogP contribution in [0.3, 0.4) is 0 Å². The number of ether oxygens (including phenoxy) is 1. The van der Waals surface area contributed by atoms with Crippen LogP contribution in [0.4, 0.5) is 0 Å². The zero-order valence-corrected chi connectivity index (χ0v) is 17.7. The van der Waals surface area contributed by atoms with Gasteiger partial charge in [-0.3, -0.25) is 4.79 Å². The van der Waals surface area contributed by atoms with Gasteiger partial charge in [0.25, 0.3) is 0 Å². The van der Waals surface area contributed by atoms with Gasteiger partial charge in [-0.05, 0) is 30.7 Å². The Balaban J connectivity index is 1.54. The number of nitrogens with zero attached hydrogens (tertiary/aromatic N) is 1. The zero-order valence-electron chi connectivity index (χ0n) is 17.7. The number of nitrogens with one attached hydrogen (secondary N) is 1. The normalized spacial score (nSPS) is 18.7. The lowest BCUT2D eigenvalue weighted by Crippen LogP contribution is -3.11. The maximum Gasteiger partial charge on any atom is 0.226 e. The average Bonchev–Trinajstić information content (AvgIpc) is 2.77. The van der Waals surface area contributed by atoms with Gasteiger partial charge in [-0.1, -0.05) is 30.3 Å². The highest BCUT2D eigenvalue weighted by atomic mass is 16.5. The minimum absolute atomic E-state index is 0.0165. The first kappa shape index (κ1) is 22.1. The molecule has 0 saturated carbocycles. The summed E-state index contributed by atoms with van der Waals surface area (Å²) in [6.45, 7) is 6.02. The summed E-state index contributed by atoms with van der Waals surface area (Å²) in [4.78, 5) is 16.3. The standard InChI is InChI=1S/C24H32N2O4/c1-2-30-23-16-20(8-9-22(23)28)17-25-12-10-21(11-13-25)24(29)26(14-15-27)18-19-6-4-3-5-7-19/h3-9,16,21,27-28H,2,10-15,17-18H2,1H3/p+1. The van der Waals surface area contributed by atoms with Crippen LogP contribution in [0.25, 0.3) is 0 Å². The monoisotopic (exact) mass is 413 g/mol. The molecule has 0 atom stereocenters. The van der Waals surface area contributed by atoms with E-state index in [0.717, 1.165) is 43.6 Å². The number of phenols is 1. The van der Waals surface area contributed by atoms with E-state index >= 15 is 0 Å². The summed E-state index contributed by atoms with van der Waals surface area (Å²) in [5, 5.41) is 19.3. The minimum atomic E-state index is -0.0221. The Hall–Kier alpha value is -2.57. The molecule has 0 aromatic heterocycles. The van der Waals surface area contributed by atoms with Crippen molar-refractivity contribution in [1.82, 2.24) is 4.90 Å². The van der Waals surface area contributed by atoms with Gasteiger partial charge < -0.3 is 24.7 Å². The molecule has 3 rings (SSSR count). The van der Waals surface area contributed by atoms with Crippen molar-refractivity contribution in [2.75, 3.05) is 32.8 Å². The first-order valence-corrected chi connectivity index (χ1v) is 10.8. The fourth-order valence-electron chi connectivity index (χ4n) is 4.13. The number of aliphatic hydroxyl groups excluding tert-OH is 1. The third-order valence-electron chi connectivity index (χ3n) is 5.72. The quantitative estimate of drug-likeness (QED) is 0.584. The Kier molecular flexibility index (Phi) is 8.11. The van der Waals surface area contributed by atoms with Crippen LogP contribution in [-0.2, 0) is 17.9 Å². The maximum absolute atomic E-state index is 13.1. The van der Waals surface area contributed by atoms with Crippen molar-refractivity contribution in [2.45, 2.75) is 32.9 Å². The molecular formula is C24H33N2O4+. The fourth-order valence-corrected chi connectivity index (χ4v) is 4.13. The lowest BCUT2D eigenvalue weighted by Gasteiger charge is -2.32. The summed E-state index contributed by atoms with van der Waals surface area (Å²) < 4.78 is 5.48. The molecule has 2 aromatic carbocycles. The number of carbonyl (C=O) groups is 1. The molecule has 0 spiro atoms. The van der Waals surface area contributed by atoms with Gasteiger partial charge in [0.2, 0.25) is 5.91 Å². The molecule has 6 heteroatoms. The summed E-state index contributed by atoms with van der Waals surface area (Å²) in [5.41, 5.74) is 2.21. The minimum Gasteiger partial charge on any atom is -0.504 e. The molecule has 0 aliphatic carbocycles. The number of benzene rings is 2. The molecule has 0 unspecified atom stereocenters. The second-order valence-corrected chi connectivity index (χ2v) is 7.91. The average molecular weight is 414 g/mol. The van der Waals surface area contributed by atoms with Crippen molar-refractivity contribution >= 4 is 5.91 Å². The van der Waals surface area contributed by atoms with E-state index in [4.69, 9.17) is 4.74 Å². The van der Waals surface area contributed by atoms with Crippen molar-refractivity contribution in [3.8, 4) is 11.5 Å². The Morgan fingerprint density at radius 1 is 1.13 bits per heavy atom. The number of amides is 1. The summed E-state index contributed by atoms with van der Waals surface area (Å²) in [6, 6.07) is 15.5. The van der Waals surface area contributed by atoms with Crippen molar-refractivity contribution in [3.05, 3.63) is 59.7 Å². The highest BCUT2D eigenvalue weighted by Crippen LogP contribution is 2.26.